The fraction of sp³-hybridized carbons (Fsp3) is 0.500. The molecule has 0 radical (unpaired) electrons. The van der Waals surface area contributed by atoms with Crippen LogP contribution < -0.4 is 5.73 Å². The lowest BCUT2D eigenvalue weighted by atomic mass is 10.2. The molecular formula is C10H15NO3. The van der Waals surface area contributed by atoms with Gasteiger partial charge in [0.2, 0.25) is 0 Å². The molecule has 78 valence electrons. The average Bonchev–Trinajstić information content (AvgIpc) is 2.67. The highest BCUT2D eigenvalue weighted by Crippen LogP contribution is 2.14. The molecule has 2 N–H and O–H groups in total. The Kier molecular flexibility index (Phi) is 4.19. The summed E-state index contributed by atoms with van der Waals surface area (Å²) in [7, 11) is 0. The highest BCUT2D eigenvalue weighted by atomic mass is 16.5. The van der Waals surface area contributed by atoms with E-state index in [1.165, 1.54) is 6.26 Å². The van der Waals surface area contributed by atoms with E-state index in [1.54, 1.807) is 12.1 Å². The molecule has 4 heteroatoms. The fourth-order valence-corrected chi connectivity index (χ4v) is 1.06. The number of carbonyl (C=O) groups is 1. The van der Waals surface area contributed by atoms with Crippen molar-refractivity contribution in [1.29, 1.82) is 0 Å². The van der Waals surface area contributed by atoms with Gasteiger partial charge in [-0.15, -0.1) is 0 Å². The van der Waals surface area contributed by atoms with E-state index in [9.17, 15) is 4.79 Å². The number of nitrogens with two attached hydrogens (primary N) is 1. The van der Waals surface area contributed by atoms with Crippen LogP contribution in [-0.2, 0) is 9.53 Å². The van der Waals surface area contributed by atoms with Crippen molar-refractivity contribution in [3.05, 3.63) is 24.2 Å². The van der Waals surface area contributed by atoms with Crippen LogP contribution in [-0.4, -0.2) is 12.6 Å². The summed E-state index contributed by atoms with van der Waals surface area (Å²) in [6.45, 7) is 2.39. The second-order valence-electron chi connectivity index (χ2n) is 3.05. The first-order valence-electron chi connectivity index (χ1n) is 4.68. The van der Waals surface area contributed by atoms with E-state index < -0.39 is 6.04 Å². The summed E-state index contributed by atoms with van der Waals surface area (Å²) in [5, 5.41) is 0. The fourth-order valence-electron chi connectivity index (χ4n) is 1.06. The third-order valence-corrected chi connectivity index (χ3v) is 1.76. The first-order chi connectivity index (χ1) is 6.74. The van der Waals surface area contributed by atoms with Crippen molar-refractivity contribution in [2.24, 2.45) is 5.73 Å². The van der Waals surface area contributed by atoms with Crippen LogP contribution >= 0.6 is 0 Å². The minimum atomic E-state index is -0.408. The van der Waals surface area contributed by atoms with E-state index in [1.807, 2.05) is 6.92 Å². The lowest BCUT2D eigenvalue weighted by molar-refractivity contribution is -0.144. The molecule has 0 spiro atoms. The Morgan fingerprint density at radius 2 is 2.50 bits per heavy atom. The van der Waals surface area contributed by atoms with E-state index in [0.717, 1.165) is 6.42 Å². The van der Waals surface area contributed by atoms with Crippen LogP contribution in [0.15, 0.2) is 22.8 Å². The summed E-state index contributed by atoms with van der Waals surface area (Å²) in [5.74, 6) is 0.328. The zero-order valence-electron chi connectivity index (χ0n) is 8.23. The Morgan fingerprint density at radius 1 is 1.71 bits per heavy atom. The number of hydrogen-bond acceptors (Lipinski definition) is 4. The second-order valence-corrected chi connectivity index (χ2v) is 3.05. The predicted octanol–water partition coefficient (Wildman–Crippen LogP) is 1.62. The number of carbonyl (C=O) groups excluding carboxylic acids is 1. The maximum Gasteiger partial charge on any atom is 0.307 e. The van der Waals surface area contributed by atoms with Crippen molar-refractivity contribution < 1.29 is 13.9 Å². The Balaban J connectivity index is 2.33. The molecule has 0 aliphatic rings. The molecule has 0 saturated carbocycles. The molecule has 1 heterocycles. The van der Waals surface area contributed by atoms with Gasteiger partial charge in [0.25, 0.3) is 0 Å². The molecule has 0 saturated heterocycles. The number of hydrogen-bond donors (Lipinski definition) is 1. The van der Waals surface area contributed by atoms with Crippen molar-refractivity contribution in [2.45, 2.75) is 25.8 Å². The summed E-state index contributed by atoms with van der Waals surface area (Å²) in [5.41, 5.74) is 5.72. The molecule has 14 heavy (non-hydrogen) atoms. The summed E-state index contributed by atoms with van der Waals surface area (Å²) < 4.78 is 9.97. The van der Waals surface area contributed by atoms with Gasteiger partial charge in [-0.05, 0) is 18.6 Å². The molecule has 0 aromatic carbocycles. The highest BCUT2D eigenvalue weighted by Gasteiger charge is 2.14. The van der Waals surface area contributed by atoms with Crippen LogP contribution in [0.25, 0.3) is 0 Å². The molecule has 1 atom stereocenters. The van der Waals surface area contributed by atoms with Gasteiger partial charge in [0.05, 0.1) is 25.3 Å². The maximum atomic E-state index is 11.2. The van der Waals surface area contributed by atoms with Crippen molar-refractivity contribution in [1.82, 2.24) is 0 Å². The van der Waals surface area contributed by atoms with Gasteiger partial charge >= 0.3 is 5.97 Å². The zero-order chi connectivity index (χ0) is 10.4. The quantitative estimate of drug-likeness (QED) is 0.728. The highest BCUT2D eigenvalue weighted by molar-refractivity contribution is 5.70. The number of furan rings is 1. The Hall–Kier alpha value is -1.29. The summed E-state index contributed by atoms with van der Waals surface area (Å²) in [4.78, 5) is 11.2. The van der Waals surface area contributed by atoms with Crippen LogP contribution in [0.4, 0.5) is 0 Å². The number of ether oxygens (including phenoxy) is 1. The van der Waals surface area contributed by atoms with Crippen molar-refractivity contribution in [3.63, 3.8) is 0 Å². The monoisotopic (exact) mass is 197 g/mol. The van der Waals surface area contributed by atoms with Crippen LogP contribution in [0.1, 0.15) is 31.6 Å². The molecule has 0 aliphatic carbocycles. The second kappa shape index (κ2) is 5.44. The lowest BCUT2D eigenvalue weighted by Gasteiger charge is -2.07. The first kappa shape index (κ1) is 10.8. The topological polar surface area (TPSA) is 65.5 Å². The average molecular weight is 197 g/mol. The number of rotatable bonds is 5. The Bertz CT molecular complexity index is 269. The van der Waals surface area contributed by atoms with Gasteiger partial charge in [0.1, 0.15) is 5.76 Å². The van der Waals surface area contributed by atoms with Gasteiger partial charge in [-0.25, -0.2) is 0 Å². The maximum absolute atomic E-state index is 11.2. The molecular weight excluding hydrogens is 182 g/mol. The van der Waals surface area contributed by atoms with Gasteiger partial charge < -0.3 is 14.9 Å². The van der Waals surface area contributed by atoms with E-state index in [-0.39, 0.29) is 12.4 Å². The Labute approximate surface area is 83.0 Å². The third kappa shape index (κ3) is 3.22. The van der Waals surface area contributed by atoms with Crippen molar-refractivity contribution in [2.75, 3.05) is 6.61 Å². The van der Waals surface area contributed by atoms with Gasteiger partial charge in [-0.2, -0.15) is 0 Å². The summed E-state index contributed by atoms with van der Waals surface area (Å²) in [6.07, 6.45) is 2.52. The SMILES string of the molecule is CCCOC(=O)CC(N)c1ccco1. The Morgan fingerprint density at radius 3 is 3.07 bits per heavy atom. The molecule has 1 rings (SSSR count). The molecule has 1 unspecified atom stereocenters. The largest absolute Gasteiger partial charge is 0.468 e. The minimum absolute atomic E-state index is 0.160. The smallest absolute Gasteiger partial charge is 0.307 e. The lowest BCUT2D eigenvalue weighted by Crippen LogP contribution is -2.16. The van der Waals surface area contributed by atoms with Crippen LogP contribution in [0.5, 0.6) is 0 Å². The van der Waals surface area contributed by atoms with E-state index >= 15 is 0 Å². The third-order valence-electron chi connectivity index (χ3n) is 1.76. The normalized spacial score (nSPS) is 12.4. The molecule has 1 aromatic heterocycles. The standard InChI is InChI=1S/C10H15NO3/c1-2-5-14-10(12)7-8(11)9-4-3-6-13-9/h3-4,6,8H,2,5,7,11H2,1H3. The predicted molar refractivity (Wildman–Crippen MR) is 51.5 cm³/mol. The number of esters is 1. The van der Waals surface area contributed by atoms with Gasteiger partial charge in [0, 0.05) is 0 Å². The molecule has 1 aromatic rings. The van der Waals surface area contributed by atoms with E-state index in [2.05, 4.69) is 0 Å². The molecule has 0 amide bonds. The van der Waals surface area contributed by atoms with Crippen LogP contribution in [0, 0.1) is 0 Å². The molecule has 0 aliphatic heterocycles. The minimum Gasteiger partial charge on any atom is -0.468 e. The molecule has 4 nitrogen and oxygen atoms in total. The van der Waals surface area contributed by atoms with E-state index in [4.69, 9.17) is 14.9 Å². The van der Waals surface area contributed by atoms with Gasteiger partial charge in [-0.3, -0.25) is 4.79 Å². The zero-order valence-corrected chi connectivity index (χ0v) is 8.23. The van der Waals surface area contributed by atoms with Crippen LogP contribution in [0.2, 0.25) is 0 Å². The van der Waals surface area contributed by atoms with Crippen molar-refractivity contribution in [3.8, 4) is 0 Å². The van der Waals surface area contributed by atoms with Crippen LogP contribution in [0.3, 0.4) is 0 Å². The summed E-state index contributed by atoms with van der Waals surface area (Å²) in [6, 6.07) is 3.08. The van der Waals surface area contributed by atoms with Gasteiger partial charge in [-0.1, -0.05) is 6.92 Å². The molecule has 0 bridgehead atoms. The van der Waals surface area contributed by atoms with Crippen molar-refractivity contribution >= 4 is 5.97 Å². The van der Waals surface area contributed by atoms with E-state index in [0.29, 0.717) is 12.4 Å². The van der Waals surface area contributed by atoms with Gasteiger partial charge in [0.15, 0.2) is 0 Å². The summed E-state index contributed by atoms with van der Waals surface area (Å²) >= 11 is 0. The first-order valence-corrected chi connectivity index (χ1v) is 4.68. The molecule has 0 fully saturated rings.